The van der Waals surface area contributed by atoms with Crippen molar-refractivity contribution in [2.75, 3.05) is 18.8 Å². The van der Waals surface area contributed by atoms with Gasteiger partial charge in [-0.25, -0.2) is 13.2 Å². The van der Waals surface area contributed by atoms with Gasteiger partial charge in [-0.3, -0.25) is 4.98 Å². The molecule has 4 rings (SSSR count). The molecule has 156 valence electrons. The minimum Gasteiger partial charge on any atom is -0.488 e. The Bertz CT molecular complexity index is 809. The third-order valence-corrected chi connectivity index (χ3v) is 8.46. The van der Waals surface area contributed by atoms with E-state index in [1.165, 1.54) is 0 Å². The number of aliphatic carboxylic acids is 1. The van der Waals surface area contributed by atoms with Crippen molar-refractivity contribution >= 4 is 27.8 Å². The first-order valence-corrected chi connectivity index (χ1v) is 11.0. The van der Waals surface area contributed by atoms with Crippen LogP contribution in [0.4, 0.5) is 13.2 Å². The van der Waals surface area contributed by atoms with E-state index in [4.69, 9.17) is 14.6 Å². The van der Waals surface area contributed by atoms with E-state index in [9.17, 15) is 21.6 Å². The number of pyridine rings is 1. The van der Waals surface area contributed by atoms with Crippen molar-refractivity contribution in [1.82, 2.24) is 9.29 Å². The van der Waals surface area contributed by atoms with E-state index in [1.807, 2.05) is 23.9 Å². The van der Waals surface area contributed by atoms with Crippen LogP contribution in [0.5, 0.6) is 5.75 Å². The molecule has 1 aliphatic carbocycles. The normalized spacial score (nSPS) is 24.2. The van der Waals surface area contributed by atoms with E-state index in [0.717, 1.165) is 30.8 Å². The molecule has 3 aliphatic rings. The van der Waals surface area contributed by atoms with Crippen molar-refractivity contribution in [2.45, 2.75) is 41.5 Å². The van der Waals surface area contributed by atoms with Crippen LogP contribution in [0.15, 0.2) is 24.5 Å². The Labute approximate surface area is 164 Å². The highest BCUT2D eigenvalue weighted by Crippen LogP contribution is 2.48. The van der Waals surface area contributed by atoms with E-state index in [-0.39, 0.29) is 16.1 Å². The molecule has 2 saturated heterocycles. The Hall–Kier alpha value is -1.53. The van der Waals surface area contributed by atoms with Gasteiger partial charge in [0, 0.05) is 36.2 Å². The fourth-order valence-corrected chi connectivity index (χ4v) is 6.76. The fraction of sp³-hybridized carbons (Fsp3) is 0.625. The average molecular weight is 440 g/mol. The van der Waals surface area contributed by atoms with Gasteiger partial charge in [0.25, 0.3) is 0 Å². The van der Waals surface area contributed by atoms with Crippen molar-refractivity contribution in [3.05, 3.63) is 24.5 Å². The molecule has 3 heterocycles. The maximum absolute atomic E-state index is 12.2. The average Bonchev–Trinajstić information content (AvgIpc) is 3.36. The lowest BCUT2D eigenvalue weighted by atomic mass is 9.95. The zero-order valence-electron chi connectivity index (χ0n) is 14.6. The number of carbonyl (C=O) groups is 1. The van der Waals surface area contributed by atoms with Crippen LogP contribution < -0.4 is 4.74 Å². The molecular weight excluding hydrogens is 421 g/mol. The molecule has 3 fully saturated rings. The second-order valence-electron chi connectivity index (χ2n) is 6.94. The minimum atomic E-state index is -5.08. The van der Waals surface area contributed by atoms with Gasteiger partial charge in [0.1, 0.15) is 11.9 Å². The number of carboxylic acid groups (broad SMARTS) is 1. The molecule has 1 aromatic rings. The molecule has 0 aromatic carbocycles. The summed E-state index contributed by atoms with van der Waals surface area (Å²) >= 11 is 1.86. The summed E-state index contributed by atoms with van der Waals surface area (Å²) in [5, 5.41) is 7.03. The van der Waals surface area contributed by atoms with Crippen LogP contribution in [-0.2, 0) is 14.8 Å². The smallest absolute Gasteiger partial charge is 0.488 e. The standard InChI is InChI=1S/C14H18N2O3S2.C2HF3O2/c17-21(18,13-3-4-13)16-9-14(10-16)6-12(8-20-14)19-11-2-1-5-15-7-11;3-2(4,5)1(6)7/h1-2,5,7,12-13H,3-4,6,8-10H2;(H,6,7). The third kappa shape index (κ3) is 4.90. The summed E-state index contributed by atoms with van der Waals surface area (Å²) in [5.74, 6) is -1.04. The van der Waals surface area contributed by atoms with Gasteiger partial charge in [-0.1, -0.05) is 0 Å². The number of rotatable bonds is 4. The van der Waals surface area contributed by atoms with Gasteiger partial charge < -0.3 is 9.84 Å². The lowest BCUT2D eigenvalue weighted by Gasteiger charge is -2.46. The topological polar surface area (TPSA) is 96.8 Å². The Balaban J connectivity index is 0.000000279. The first kappa shape index (κ1) is 21.2. The summed E-state index contributed by atoms with van der Waals surface area (Å²) in [7, 11) is -3.00. The van der Waals surface area contributed by atoms with E-state index in [0.29, 0.717) is 13.1 Å². The largest absolute Gasteiger partial charge is 0.490 e. The number of hydrogen-bond acceptors (Lipinski definition) is 6. The van der Waals surface area contributed by atoms with Gasteiger partial charge in [0.2, 0.25) is 10.0 Å². The molecule has 1 N–H and O–H groups in total. The van der Waals surface area contributed by atoms with Crippen molar-refractivity contribution in [3.8, 4) is 5.75 Å². The summed E-state index contributed by atoms with van der Waals surface area (Å²) in [6.07, 6.45) is 1.12. The van der Waals surface area contributed by atoms with E-state index < -0.39 is 22.2 Å². The molecule has 1 unspecified atom stereocenters. The van der Waals surface area contributed by atoms with Crippen LogP contribution in [0.3, 0.4) is 0 Å². The second-order valence-corrected chi connectivity index (χ2v) is 10.6. The second kappa shape index (κ2) is 7.71. The Morgan fingerprint density at radius 1 is 1.36 bits per heavy atom. The predicted molar refractivity (Wildman–Crippen MR) is 95.7 cm³/mol. The summed E-state index contributed by atoms with van der Waals surface area (Å²) in [6, 6.07) is 3.77. The third-order valence-electron chi connectivity index (χ3n) is 4.59. The highest BCUT2D eigenvalue weighted by atomic mass is 32.2. The van der Waals surface area contributed by atoms with Gasteiger partial charge in [0.15, 0.2) is 0 Å². The van der Waals surface area contributed by atoms with E-state index in [2.05, 4.69) is 4.98 Å². The summed E-state index contributed by atoms with van der Waals surface area (Å²) in [4.78, 5) is 12.9. The molecule has 1 spiro atoms. The monoisotopic (exact) mass is 440 g/mol. The van der Waals surface area contributed by atoms with Crippen LogP contribution in [0.1, 0.15) is 19.3 Å². The number of halogens is 3. The Morgan fingerprint density at radius 2 is 2.00 bits per heavy atom. The Morgan fingerprint density at radius 3 is 2.50 bits per heavy atom. The van der Waals surface area contributed by atoms with Crippen molar-refractivity contribution < 1.29 is 36.2 Å². The summed E-state index contributed by atoms with van der Waals surface area (Å²) in [5.41, 5.74) is 0. The Kier molecular flexibility index (Phi) is 5.84. The first-order valence-electron chi connectivity index (χ1n) is 8.52. The van der Waals surface area contributed by atoms with Gasteiger partial charge in [-0.05, 0) is 25.0 Å². The highest BCUT2D eigenvalue weighted by Gasteiger charge is 2.55. The first-order chi connectivity index (χ1) is 13.0. The number of ether oxygens (including phenoxy) is 1. The zero-order chi connectivity index (χ0) is 20.6. The quantitative estimate of drug-likeness (QED) is 0.766. The minimum absolute atomic E-state index is 0.0782. The molecular formula is C16H19F3N2O5S2. The van der Waals surface area contributed by atoms with E-state index >= 15 is 0 Å². The van der Waals surface area contributed by atoms with E-state index in [1.54, 1.807) is 16.7 Å². The summed E-state index contributed by atoms with van der Waals surface area (Å²) in [6.45, 7) is 1.31. The van der Waals surface area contributed by atoms with Crippen LogP contribution in [0, 0.1) is 0 Å². The van der Waals surface area contributed by atoms with Gasteiger partial charge in [-0.2, -0.15) is 17.5 Å². The predicted octanol–water partition coefficient (Wildman–Crippen LogP) is 2.15. The molecule has 1 saturated carbocycles. The SMILES string of the molecule is O=C(O)C(F)(F)F.O=S(=O)(C1CC1)N1CC2(CC(Oc3cccnc3)CS2)C1. The zero-order valence-corrected chi connectivity index (χ0v) is 16.3. The van der Waals surface area contributed by atoms with Crippen molar-refractivity contribution in [3.63, 3.8) is 0 Å². The van der Waals surface area contributed by atoms with Gasteiger partial charge in [-0.15, -0.1) is 11.8 Å². The number of aromatic nitrogens is 1. The molecule has 7 nitrogen and oxygen atoms in total. The number of alkyl halides is 3. The van der Waals surface area contributed by atoms with Crippen LogP contribution in [0.2, 0.25) is 0 Å². The maximum atomic E-state index is 12.2. The molecule has 1 atom stereocenters. The molecule has 1 aromatic heterocycles. The molecule has 0 amide bonds. The lowest BCUT2D eigenvalue weighted by Crippen LogP contribution is -2.61. The maximum Gasteiger partial charge on any atom is 0.490 e. The van der Waals surface area contributed by atoms with Crippen molar-refractivity contribution in [2.24, 2.45) is 0 Å². The highest BCUT2D eigenvalue weighted by molar-refractivity contribution is 8.01. The summed E-state index contributed by atoms with van der Waals surface area (Å²) < 4.78 is 63.8. The number of hydrogen-bond donors (Lipinski definition) is 1. The van der Waals surface area contributed by atoms with Crippen LogP contribution in [0.25, 0.3) is 0 Å². The van der Waals surface area contributed by atoms with Gasteiger partial charge >= 0.3 is 12.1 Å². The van der Waals surface area contributed by atoms with Crippen LogP contribution in [-0.4, -0.2) is 69.9 Å². The molecule has 2 aliphatic heterocycles. The molecule has 28 heavy (non-hydrogen) atoms. The molecule has 0 radical (unpaired) electrons. The van der Waals surface area contributed by atoms with Crippen LogP contribution >= 0.6 is 11.8 Å². The number of carboxylic acids is 1. The van der Waals surface area contributed by atoms with Crippen molar-refractivity contribution in [1.29, 1.82) is 0 Å². The molecule has 12 heteroatoms. The number of nitrogens with zero attached hydrogens (tertiary/aromatic N) is 2. The lowest BCUT2D eigenvalue weighted by molar-refractivity contribution is -0.192. The number of thioether (sulfide) groups is 1. The number of sulfonamides is 1. The molecule has 0 bridgehead atoms. The van der Waals surface area contributed by atoms with Gasteiger partial charge in [0.05, 0.1) is 11.4 Å². The fourth-order valence-electron chi connectivity index (χ4n) is 3.06.